The molecule has 1 saturated heterocycles. The molecule has 0 unspecified atom stereocenters. The lowest BCUT2D eigenvalue weighted by Crippen LogP contribution is -2.62. The van der Waals surface area contributed by atoms with Crippen molar-refractivity contribution in [1.82, 2.24) is 29.8 Å². The van der Waals surface area contributed by atoms with E-state index in [-0.39, 0.29) is 37.3 Å². The van der Waals surface area contributed by atoms with E-state index in [0.29, 0.717) is 54.0 Å². The number of allylic oxidation sites excluding steroid dienone is 1. The van der Waals surface area contributed by atoms with E-state index < -0.39 is 80.2 Å². The summed E-state index contributed by atoms with van der Waals surface area (Å²) in [5, 5.41) is 14.3. The number of hydrogen-bond acceptors (Lipinski definition) is 11. The van der Waals surface area contributed by atoms with E-state index in [1.54, 1.807) is 52.3 Å². The lowest BCUT2D eigenvalue weighted by atomic mass is 9.85. The van der Waals surface area contributed by atoms with Gasteiger partial charge in [0.15, 0.2) is 0 Å². The second kappa shape index (κ2) is 17.6. The second-order valence-electron chi connectivity index (χ2n) is 19.0. The van der Waals surface area contributed by atoms with Gasteiger partial charge in [0.25, 0.3) is 5.91 Å². The lowest BCUT2D eigenvalue weighted by molar-refractivity contribution is -0.146. The van der Waals surface area contributed by atoms with Gasteiger partial charge in [0, 0.05) is 23.3 Å². The molecule has 2 saturated carbocycles. The number of carboxylic acid groups (broad SMARTS) is 1. The van der Waals surface area contributed by atoms with Crippen molar-refractivity contribution in [2.24, 2.45) is 17.8 Å². The Morgan fingerprint density at radius 3 is 2.40 bits per heavy atom. The van der Waals surface area contributed by atoms with Crippen LogP contribution in [0, 0.1) is 17.8 Å². The van der Waals surface area contributed by atoms with Crippen LogP contribution in [-0.4, -0.2) is 111 Å². The molecule has 2 aliphatic heterocycles. The molecule has 2 aromatic heterocycles. The third-order valence-electron chi connectivity index (χ3n) is 12.4. The number of methoxy groups -OCH3 is 1. The van der Waals surface area contributed by atoms with Crippen LogP contribution in [0.15, 0.2) is 54.7 Å². The first kappa shape index (κ1) is 45.6. The highest BCUT2D eigenvalue weighted by molar-refractivity contribution is 7.91. The molecule has 3 N–H and O–H groups in total. The van der Waals surface area contributed by atoms with Crippen LogP contribution in [0.25, 0.3) is 22.2 Å². The highest BCUT2D eigenvalue weighted by atomic mass is 32.2. The highest BCUT2D eigenvalue weighted by Gasteiger charge is 2.62. The molecule has 1 aromatic carbocycles. The molecule has 4 aliphatic rings. The van der Waals surface area contributed by atoms with E-state index in [0.717, 1.165) is 11.8 Å². The van der Waals surface area contributed by atoms with Crippen LogP contribution in [0.3, 0.4) is 0 Å². The van der Waals surface area contributed by atoms with Gasteiger partial charge in [0.2, 0.25) is 27.7 Å². The number of nitrogens with zero attached hydrogens (tertiary/aromatic N) is 4. The Hall–Kier alpha value is -5.45. The minimum Gasteiger partial charge on any atom is -0.497 e. The first-order valence-electron chi connectivity index (χ1n) is 21.9. The normalized spacial score (nSPS) is 27.3. The number of ether oxygens (including phenoxy) is 3. The van der Waals surface area contributed by atoms with Crippen molar-refractivity contribution >= 4 is 44.6 Å². The van der Waals surface area contributed by atoms with Crippen LogP contribution in [0.5, 0.6) is 17.4 Å². The minimum atomic E-state index is -3.95. The molecule has 4 heterocycles. The summed E-state index contributed by atoms with van der Waals surface area (Å²) in [6, 6.07) is 8.47. The van der Waals surface area contributed by atoms with Crippen LogP contribution in [0.2, 0.25) is 0 Å². The molecule has 0 bridgehead atoms. The molecule has 0 spiro atoms. The predicted molar refractivity (Wildman–Crippen MR) is 236 cm³/mol. The number of carbonyl (C=O) groups is 4. The summed E-state index contributed by atoms with van der Waals surface area (Å²) in [6.07, 6.45) is 6.16. The number of carbonyl (C=O) groups excluding carboxylic acids is 3. The van der Waals surface area contributed by atoms with E-state index in [9.17, 15) is 27.9 Å². The zero-order valence-corrected chi connectivity index (χ0v) is 38.1. The maximum atomic E-state index is 15.3. The molecule has 3 fully saturated rings. The van der Waals surface area contributed by atoms with E-state index in [1.807, 2.05) is 51.1 Å². The molecule has 4 amide bonds. The van der Waals surface area contributed by atoms with Gasteiger partial charge in [0.05, 0.1) is 42.6 Å². The largest absolute Gasteiger partial charge is 0.497 e. The van der Waals surface area contributed by atoms with Crippen molar-refractivity contribution in [2.45, 2.75) is 134 Å². The topological polar surface area (TPSA) is 207 Å². The van der Waals surface area contributed by atoms with Gasteiger partial charge in [-0.25, -0.2) is 18.2 Å². The molecule has 2 aliphatic carbocycles. The third-order valence-corrected chi connectivity index (χ3v) is 14.3. The van der Waals surface area contributed by atoms with E-state index in [1.165, 1.54) is 9.80 Å². The summed E-state index contributed by atoms with van der Waals surface area (Å²) in [4.78, 5) is 69.3. The van der Waals surface area contributed by atoms with Crippen molar-refractivity contribution < 1.29 is 46.9 Å². The predicted octanol–water partition coefficient (Wildman–Crippen LogP) is 6.08. The van der Waals surface area contributed by atoms with Gasteiger partial charge >= 0.3 is 6.09 Å². The highest BCUT2D eigenvalue weighted by Crippen LogP contribution is 2.46. The maximum absolute atomic E-state index is 15.3. The molecule has 63 heavy (non-hydrogen) atoms. The van der Waals surface area contributed by atoms with Gasteiger partial charge < -0.3 is 29.5 Å². The van der Waals surface area contributed by atoms with E-state index in [2.05, 4.69) is 21.9 Å². The number of pyridine rings is 2. The number of aromatic nitrogens is 2. The van der Waals surface area contributed by atoms with Crippen molar-refractivity contribution in [2.75, 3.05) is 13.7 Å². The zero-order chi connectivity index (χ0) is 45.6. The molecule has 3 aromatic rings. The summed E-state index contributed by atoms with van der Waals surface area (Å²) in [5.41, 5.74) is -1.56. The quantitative estimate of drug-likeness (QED) is 0.198. The molecular formula is C46H60N6O10S. The average Bonchev–Trinajstić information content (AvgIpc) is 4.14. The van der Waals surface area contributed by atoms with Gasteiger partial charge in [-0.05, 0) is 127 Å². The number of sulfonamides is 1. The Morgan fingerprint density at radius 1 is 1.03 bits per heavy atom. The summed E-state index contributed by atoms with van der Waals surface area (Å²) in [6.45, 7) is 12.9. The van der Waals surface area contributed by atoms with Crippen molar-refractivity contribution in [1.29, 1.82) is 0 Å². The Balaban J connectivity index is 1.29. The summed E-state index contributed by atoms with van der Waals surface area (Å²) in [5.74, 6) is -1.53. The van der Waals surface area contributed by atoms with Crippen molar-refractivity contribution in [3.05, 3.63) is 54.7 Å². The Morgan fingerprint density at radius 2 is 1.76 bits per heavy atom. The molecule has 0 radical (unpaired) electrons. The molecule has 17 heteroatoms. The number of nitrogens with one attached hydrogen (secondary N) is 2. The Bertz CT molecular complexity index is 2380. The SMILES string of the molecule is COc1ccc2c(O[C@@H]3C[C@H]4C(=O)N[C@]5(C(=O)NS(=O)(=O)C6CC6)C[C@H]5/C=C\CC[C@@H](C)C[C@@H](C)[C@H](N(C(=O)O)C(C)(C)C)C(=O)N4C3)nc(-c3ccc(OC(C)C)cn3)cc2c1. The third kappa shape index (κ3) is 9.87. The number of benzene rings is 1. The second-order valence-corrected chi connectivity index (χ2v) is 20.9. The fourth-order valence-electron chi connectivity index (χ4n) is 9.05. The van der Waals surface area contributed by atoms with E-state index >= 15 is 4.79 Å². The fourth-order valence-corrected chi connectivity index (χ4v) is 10.4. The Labute approximate surface area is 369 Å². The molecule has 7 atom stereocenters. The molecular weight excluding hydrogens is 829 g/mol. The summed E-state index contributed by atoms with van der Waals surface area (Å²) >= 11 is 0. The monoisotopic (exact) mass is 888 g/mol. The van der Waals surface area contributed by atoms with Gasteiger partial charge in [-0.3, -0.25) is 29.0 Å². The smallest absolute Gasteiger partial charge is 0.408 e. The van der Waals surface area contributed by atoms with E-state index in [4.69, 9.17) is 19.2 Å². The number of fused-ring (bicyclic) bond motifs is 3. The lowest BCUT2D eigenvalue weighted by Gasteiger charge is -2.43. The zero-order valence-electron chi connectivity index (χ0n) is 37.3. The molecule has 7 rings (SSSR count). The standard InChI is InChI=1S/C46H60N6O10S/c1-26(2)61-32-14-18-36(47-24-32)37-21-29-20-31(60-8)13-17-35(29)41(48-37)62-33-22-38-40(53)49-46(43(55)50-63(58,59)34-15-16-34)23-30(46)12-10-9-11-27(3)19-28(4)39(42(54)51(38)25-33)52(44(56)57)45(5,6)7/h10,12-14,17-18,20-21,24,26-28,30,33-34,38-39H,9,11,15-16,19,22-23,25H2,1-8H3,(H,49,53)(H,50,55)(H,56,57)/b12-10-/t27-,28-,30-,33-,38+,39+,46-/m1/s1. The van der Waals surface area contributed by atoms with Crippen LogP contribution in [0.1, 0.15) is 93.4 Å². The molecule has 340 valence electrons. The fraction of sp³-hybridized carbons (Fsp3) is 0.565. The average molecular weight is 889 g/mol. The van der Waals surface area contributed by atoms with Crippen LogP contribution < -0.4 is 24.2 Å². The van der Waals surface area contributed by atoms with Crippen molar-refractivity contribution in [3.8, 4) is 28.8 Å². The van der Waals surface area contributed by atoms with Gasteiger partial charge in [-0.15, -0.1) is 0 Å². The maximum Gasteiger partial charge on any atom is 0.408 e. The van der Waals surface area contributed by atoms with Crippen LogP contribution in [-0.2, 0) is 24.4 Å². The van der Waals surface area contributed by atoms with Crippen LogP contribution >= 0.6 is 0 Å². The van der Waals surface area contributed by atoms with Gasteiger partial charge in [-0.1, -0.05) is 26.0 Å². The van der Waals surface area contributed by atoms with Crippen molar-refractivity contribution in [3.63, 3.8) is 0 Å². The Kier molecular flexibility index (Phi) is 12.7. The summed E-state index contributed by atoms with van der Waals surface area (Å²) < 4.78 is 46.3. The van der Waals surface area contributed by atoms with Gasteiger partial charge in [0.1, 0.15) is 35.2 Å². The number of amides is 4. The first-order chi connectivity index (χ1) is 29.7. The number of hydrogen-bond donors (Lipinski definition) is 3. The first-order valence-corrected chi connectivity index (χ1v) is 23.4. The van der Waals surface area contributed by atoms with Gasteiger partial charge in [-0.2, -0.15) is 0 Å². The molecule has 16 nitrogen and oxygen atoms in total. The number of rotatable bonds is 10. The van der Waals surface area contributed by atoms with Crippen LogP contribution in [0.4, 0.5) is 4.79 Å². The minimum absolute atomic E-state index is 0.0424. The summed E-state index contributed by atoms with van der Waals surface area (Å²) in [7, 11) is -2.39.